The highest BCUT2D eigenvalue weighted by molar-refractivity contribution is 5.88. The van der Waals surface area contributed by atoms with Crippen molar-refractivity contribution in [1.82, 2.24) is 5.32 Å². The first-order valence-electron chi connectivity index (χ1n) is 11.7. The number of ether oxygens (including phenoxy) is 1. The van der Waals surface area contributed by atoms with Crippen LogP contribution in [0.3, 0.4) is 0 Å². The number of hydrogen-bond acceptors (Lipinski definition) is 3. The van der Waals surface area contributed by atoms with E-state index in [2.05, 4.69) is 72.8 Å². The van der Waals surface area contributed by atoms with Gasteiger partial charge >= 0.3 is 0 Å². The van der Waals surface area contributed by atoms with Crippen molar-refractivity contribution in [2.75, 3.05) is 6.61 Å². The molecule has 1 aliphatic heterocycles. The molecule has 0 saturated carbocycles. The molecule has 0 aliphatic carbocycles. The van der Waals surface area contributed by atoms with E-state index < -0.39 is 0 Å². The molecule has 30 heavy (non-hydrogen) atoms. The molecule has 1 amide bonds. The van der Waals surface area contributed by atoms with Crippen LogP contribution in [-0.2, 0) is 16.0 Å². The van der Waals surface area contributed by atoms with Gasteiger partial charge in [-0.3, -0.25) is 4.79 Å². The highest BCUT2D eigenvalue weighted by Gasteiger charge is 2.31. The predicted octanol–water partition coefficient (Wildman–Crippen LogP) is 5.95. The summed E-state index contributed by atoms with van der Waals surface area (Å²) < 4.78 is 6.02. The first-order valence-corrected chi connectivity index (χ1v) is 11.7. The maximum absolute atomic E-state index is 11.7. The Morgan fingerprint density at radius 1 is 1.07 bits per heavy atom. The zero-order valence-corrected chi connectivity index (χ0v) is 20.5. The van der Waals surface area contributed by atoms with Crippen molar-refractivity contribution >= 4 is 11.8 Å². The Bertz CT molecular complexity index is 735. The lowest BCUT2D eigenvalue weighted by atomic mass is 9.82. The van der Waals surface area contributed by atoms with Crippen molar-refractivity contribution in [3.8, 4) is 0 Å². The molecule has 168 valence electrons. The van der Waals surface area contributed by atoms with Gasteiger partial charge in [0.1, 0.15) is 12.6 Å². The Labute approximate surface area is 183 Å². The fourth-order valence-corrected chi connectivity index (χ4v) is 4.19. The summed E-state index contributed by atoms with van der Waals surface area (Å²) in [5.74, 6) is 2.39. The van der Waals surface area contributed by atoms with Crippen molar-refractivity contribution in [2.45, 2.75) is 105 Å². The topological polar surface area (TPSA) is 50.7 Å². The highest BCUT2D eigenvalue weighted by atomic mass is 16.5. The Morgan fingerprint density at radius 2 is 1.63 bits per heavy atom. The monoisotopic (exact) mass is 414 g/mol. The zero-order valence-electron chi connectivity index (χ0n) is 20.5. The molecule has 1 heterocycles. The van der Waals surface area contributed by atoms with Crippen LogP contribution in [-0.4, -0.2) is 30.5 Å². The van der Waals surface area contributed by atoms with Gasteiger partial charge in [-0.2, -0.15) is 0 Å². The molecule has 0 spiro atoms. The Morgan fingerprint density at radius 3 is 2.07 bits per heavy atom. The van der Waals surface area contributed by atoms with Gasteiger partial charge in [0.25, 0.3) is 0 Å². The third-order valence-corrected chi connectivity index (χ3v) is 6.26. The number of benzene rings is 1. The lowest BCUT2D eigenvalue weighted by molar-refractivity contribution is -0.119. The van der Waals surface area contributed by atoms with E-state index in [1.54, 1.807) is 6.92 Å². The zero-order chi connectivity index (χ0) is 22.6. The quantitative estimate of drug-likeness (QED) is 0.543. The van der Waals surface area contributed by atoms with Crippen LogP contribution in [0.5, 0.6) is 0 Å². The lowest BCUT2D eigenvalue weighted by Gasteiger charge is -2.24. The van der Waals surface area contributed by atoms with Gasteiger partial charge in [-0.05, 0) is 52.3 Å². The minimum Gasteiger partial charge on any atom is -0.477 e. The number of nitrogens with one attached hydrogen (secondary N) is 1. The summed E-state index contributed by atoms with van der Waals surface area (Å²) in [5.41, 5.74) is 5.73. The first-order chi connectivity index (χ1) is 14.0. The summed E-state index contributed by atoms with van der Waals surface area (Å²) in [5, 5.41) is 3.04. The third-order valence-electron chi connectivity index (χ3n) is 6.26. The summed E-state index contributed by atoms with van der Waals surface area (Å²) in [6, 6.07) is 4.75. The van der Waals surface area contributed by atoms with Crippen molar-refractivity contribution in [2.24, 2.45) is 10.9 Å². The van der Waals surface area contributed by atoms with E-state index in [4.69, 9.17) is 9.73 Å². The predicted molar refractivity (Wildman–Crippen MR) is 127 cm³/mol. The van der Waals surface area contributed by atoms with Crippen molar-refractivity contribution in [1.29, 1.82) is 0 Å². The number of aliphatic imine (C=N–C) groups is 1. The molecule has 0 aromatic heterocycles. The summed E-state index contributed by atoms with van der Waals surface area (Å²) in [7, 11) is 0. The average Bonchev–Trinajstić information content (AvgIpc) is 3.12. The van der Waals surface area contributed by atoms with Gasteiger partial charge in [0.05, 0.1) is 6.04 Å². The van der Waals surface area contributed by atoms with Crippen LogP contribution >= 0.6 is 0 Å². The van der Waals surface area contributed by atoms with E-state index in [1.807, 2.05) is 0 Å². The van der Waals surface area contributed by atoms with Gasteiger partial charge in [0, 0.05) is 6.92 Å². The van der Waals surface area contributed by atoms with Crippen molar-refractivity contribution in [3.63, 3.8) is 0 Å². The molecule has 1 unspecified atom stereocenters. The summed E-state index contributed by atoms with van der Waals surface area (Å²) >= 11 is 0. The standard InChI is InChI=1S/C26H42N2O2/c1-10-18(8)25(27-19(9)29)26-28-21(14-30-26)13-24-22(16(4)5)11-20(15(2)3)12-23(24)17(6)7/h11-12,15-18,21,25H,10,13-14H2,1-9H3,(H,27,29)/t18-,21?,25-/m0/s1. The van der Waals surface area contributed by atoms with Crippen LogP contribution in [0.4, 0.5) is 0 Å². The Kier molecular flexibility index (Phi) is 8.52. The van der Waals surface area contributed by atoms with E-state index in [-0.39, 0.29) is 23.9 Å². The molecule has 0 radical (unpaired) electrons. The maximum Gasteiger partial charge on any atom is 0.217 e. The van der Waals surface area contributed by atoms with Gasteiger partial charge in [0.15, 0.2) is 0 Å². The van der Waals surface area contributed by atoms with Gasteiger partial charge in [-0.15, -0.1) is 0 Å². The fraction of sp³-hybridized carbons (Fsp3) is 0.692. The third kappa shape index (κ3) is 5.86. The molecule has 1 aliphatic rings. The second-order valence-corrected chi connectivity index (χ2v) is 9.84. The minimum atomic E-state index is -0.144. The average molecular weight is 415 g/mol. The highest BCUT2D eigenvalue weighted by Crippen LogP contribution is 2.34. The van der Waals surface area contributed by atoms with Crippen LogP contribution in [0.15, 0.2) is 17.1 Å². The van der Waals surface area contributed by atoms with Crippen LogP contribution in [0, 0.1) is 5.92 Å². The van der Waals surface area contributed by atoms with Crippen LogP contribution in [0.1, 0.15) is 109 Å². The molecular weight excluding hydrogens is 372 g/mol. The fourth-order valence-electron chi connectivity index (χ4n) is 4.19. The number of hydrogen-bond donors (Lipinski definition) is 1. The lowest BCUT2D eigenvalue weighted by Crippen LogP contribution is -2.44. The molecule has 4 heteroatoms. The SMILES string of the molecule is CC[C@H](C)[C@H](NC(C)=O)C1=NC(Cc2c(C(C)C)cc(C(C)C)cc2C(C)C)CO1. The molecule has 2 rings (SSSR count). The van der Waals surface area contributed by atoms with Gasteiger partial charge in [0.2, 0.25) is 11.8 Å². The van der Waals surface area contributed by atoms with Gasteiger partial charge in [-0.1, -0.05) is 73.9 Å². The van der Waals surface area contributed by atoms with Crippen LogP contribution in [0.2, 0.25) is 0 Å². The molecule has 0 saturated heterocycles. The Balaban J connectivity index is 2.38. The van der Waals surface area contributed by atoms with Crippen molar-refractivity contribution < 1.29 is 9.53 Å². The summed E-state index contributed by atoms with van der Waals surface area (Å²) in [4.78, 5) is 16.7. The first kappa shape index (κ1) is 24.4. The van der Waals surface area contributed by atoms with E-state index >= 15 is 0 Å². The number of amides is 1. The smallest absolute Gasteiger partial charge is 0.217 e. The molecular formula is C26H42N2O2. The summed E-state index contributed by atoms with van der Waals surface area (Å²) in [6.45, 7) is 20.1. The number of carbonyl (C=O) groups excluding carboxylic acids is 1. The second-order valence-electron chi connectivity index (χ2n) is 9.84. The van der Waals surface area contributed by atoms with E-state index in [9.17, 15) is 4.79 Å². The number of rotatable bonds is 9. The molecule has 0 fully saturated rings. The molecule has 0 bridgehead atoms. The molecule has 1 aromatic carbocycles. The molecule has 1 aromatic rings. The maximum atomic E-state index is 11.7. The minimum absolute atomic E-state index is 0.0384. The molecule has 4 nitrogen and oxygen atoms in total. The second kappa shape index (κ2) is 10.5. The van der Waals surface area contributed by atoms with E-state index in [1.165, 1.54) is 22.3 Å². The number of carbonyl (C=O) groups is 1. The van der Waals surface area contributed by atoms with Gasteiger partial charge in [-0.25, -0.2) is 4.99 Å². The van der Waals surface area contributed by atoms with Crippen LogP contribution in [0.25, 0.3) is 0 Å². The van der Waals surface area contributed by atoms with Crippen LogP contribution < -0.4 is 5.32 Å². The normalized spacial score (nSPS) is 18.5. The van der Waals surface area contributed by atoms with Gasteiger partial charge < -0.3 is 10.1 Å². The van der Waals surface area contributed by atoms with E-state index in [0.29, 0.717) is 30.3 Å². The Hall–Kier alpha value is -1.84. The largest absolute Gasteiger partial charge is 0.477 e. The molecule has 3 atom stereocenters. The molecule has 1 N–H and O–H groups in total. The van der Waals surface area contributed by atoms with Crippen molar-refractivity contribution in [3.05, 3.63) is 34.4 Å². The number of nitrogens with zero attached hydrogens (tertiary/aromatic N) is 1. The van der Waals surface area contributed by atoms with E-state index in [0.717, 1.165) is 12.8 Å². The summed E-state index contributed by atoms with van der Waals surface area (Å²) in [6.07, 6.45) is 1.85.